The smallest absolute Gasteiger partial charge is 0.417 e. The molecule has 0 unspecified atom stereocenters. The number of allylic oxidation sites excluding steroid dienone is 1. The molecule has 0 N–H and O–H groups in total. The first kappa shape index (κ1) is 15.3. The molecule has 0 amide bonds. The highest BCUT2D eigenvalue weighted by Crippen LogP contribution is 2.36. The van der Waals surface area contributed by atoms with Crippen LogP contribution in [0.1, 0.15) is 34.8 Å². The molecule has 0 aliphatic carbocycles. The molecule has 0 radical (unpaired) electrons. The van der Waals surface area contributed by atoms with Gasteiger partial charge in [-0.25, -0.2) is 4.79 Å². The van der Waals surface area contributed by atoms with Crippen molar-refractivity contribution in [3.63, 3.8) is 0 Å². The summed E-state index contributed by atoms with van der Waals surface area (Å²) < 4.78 is 44.4. The van der Waals surface area contributed by atoms with Crippen molar-refractivity contribution in [2.45, 2.75) is 19.5 Å². The molecule has 0 saturated carbocycles. The minimum atomic E-state index is -4.54. The summed E-state index contributed by atoms with van der Waals surface area (Å²) >= 11 is 0. The highest BCUT2D eigenvalue weighted by atomic mass is 19.4. The molecule has 1 aromatic rings. The number of dihydropyridines is 1. The van der Waals surface area contributed by atoms with Crippen LogP contribution in [0.4, 0.5) is 13.2 Å². The number of rotatable bonds is 3. The van der Waals surface area contributed by atoms with Crippen molar-refractivity contribution >= 4 is 17.8 Å². The van der Waals surface area contributed by atoms with Crippen LogP contribution in [0.15, 0.2) is 29.3 Å². The number of benzene rings is 1. The summed E-state index contributed by atoms with van der Waals surface area (Å²) in [5.41, 5.74) is -0.364. The van der Waals surface area contributed by atoms with Gasteiger partial charge in [0.15, 0.2) is 0 Å². The summed E-state index contributed by atoms with van der Waals surface area (Å²) in [6.07, 6.45) is -0.669. The Morgan fingerprint density at radius 3 is 2.71 bits per heavy atom. The quantitative estimate of drug-likeness (QED) is 0.797. The van der Waals surface area contributed by atoms with E-state index >= 15 is 0 Å². The molecular weight excluding hydrogens is 283 g/mol. The fraction of sp³-hybridized carbons (Fsp3) is 0.333. The van der Waals surface area contributed by atoms with Gasteiger partial charge in [-0.05, 0) is 30.2 Å². The van der Waals surface area contributed by atoms with Crippen LogP contribution >= 0.6 is 0 Å². The number of ether oxygens (including phenoxy) is 1. The molecular formula is C15H14F3NO2. The van der Waals surface area contributed by atoms with Crippen molar-refractivity contribution in [1.29, 1.82) is 0 Å². The van der Waals surface area contributed by atoms with Crippen LogP contribution in [0.2, 0.25) is 0 Å². The first-order chi connectivity index (χ1) is 9.93. The lowest BCUT2D eigenvalue weighted by Gasteiger charge is -2.17. The topological polar surface area (TPSA) is 38.7 Å². The number of carbonyl (C=O) groups excluding carboxylic acids is 1. The van der Waals surface area contributed by atoms with E-state index in [2.05, 4.69) is 4.99 Å². The van der Waals surface area contributed by atoms with E-state index in [9.17, 15) is 18.0 Å². The summed E-state index contributed by atoms with van der Waals surface area (Å²) in [6, 6.07) is 3.50. The van der Waals surface area contributed by atoms with Crippen molar-refractivity contribution in [3.8, 4) is 0 Å². The Hall–Kier alpha value is -2.11. The fourth-order valence-electron chi connectivity index (χ4n) is 2.09. The van der Waals surface area contributed by atoms with Crippen molar-refractivity contribution in [2.24, 2.45) is 4.99 Å². The summed E-state index contributed by atoms with van der Waals surface area (Å²) in [5, 5.41) is 0. The molecule has 0 aromatic heterocycles. The number of nitrogens with zero attached hydrogens (tertiary/aromatic N) is 1. The number of carbonyl (C=O) groups is 1. The monoisotopic (exact) mass is 297 g/mol. The molecule has 3 nitrogen and oxygen atoms in total. The molecule has 112 valence electrons. The molecule has 1 aliphatic heterocycles. The molecule has 1 heterocycles. The first-order valence-electron chi connectivity index (χ1n) is 6.49. The van der Waals surface area contributed by atoms with Crippen LogP contribution in [0.5, 0.6) is 0 Å². The number of esters is 1. The van der Waals surface area contributed by atoms with Gasteiger partial charge >= 0.3 is 12.1 Å². The predicted octanol–water partition coefficient (Wildman–Crippen LogP) is 3.74. The van der Waals surface area contributed by atoms with Crippen molar-refractivity contribution < 1.29 is 22.7 Å². The van der Waals surface area contributed by atoms with Gasteiger partial charge in [0.2, 0.25) is 0 Å². The molecule has 1 aliphatic rings. The van der Waals surface area contributed by atoms with Crippen LogP contribution in [0, 0.1) is 0 Å². The highest BCUT2D eigenvalue weighted by Gasteiger charge is 2.35. The molecule has 21 heavy (non-hydrogen) atoms. The van der Waals surface area contributed by atoms with Crippen LogP contribution in [0.3, 0.4) is 0 Å². The third-order valence-electron chi connectivity index (χ3n) is 3.04. The van der Waals surface area contributed by atoms with Gasteiger partial charge in [-0.3, -0.25) is 4.99 Å². The zero-order valence-electron chi connectivity index (χ0n) is 11.4. The Morgan fingerprint density at radius 1 is 1.38 bits per heavy atom. The van der Waals surface area contributed by atoms with Gasteiger partial charge in [-0.15, -0.1) is 0 Å². The van der Waals surface area contributed by atoms with Crippen molar-refractivity contribution in [3.05, 3.63) is 41.0 Å². The lowest BCUT2D eigenvalue weighted by Crippen LogP contribution is -2.13. The molecule has 1 aromatic carbocycles. The summed E-state index contributed by atoms with van der Waals surface area (Å²) in [4.78, 5) is 15.6. The summed E-state index contributed by atoms with van der Waals surface area (Å²) in [6.45, 7) is 1.92. The molecule has 6 heteroatoms. The normalized spacial score (nSPS) is 14.8. The maximum Gasteiger partial charge on any atom is 0.417 e. The second-order valence-corrected chi connectivity index (χ2v) is 4.47. The number of hydrogen-bond donors (Lipinski definition) is 0. The van der Waals surface area contributed by atoms with E-state index in [1.54, 1.807) is 19.2 Å². The standard InChI is InChI=1S/C15H14F3NO2/c1-2-21-14(20)10-5-6-12(11-4-3-7-19-9-11)13(8-10)15(16,17)18/h4-8H,2-3,9H2,1H3. The van der Waals surface area contributed by atoms with Gasteiger partial charge in [0, 0.05) is 12.6 Å². The van der Waals surface area contributed by atoms with E-state index in [0.29, 0.717) is 12.0 Å². The van der Waals surface area contributed by atoms with E-state index in [1.807, 2.05) is 0 Å². The Bertz CT molecular complexity index is 603. The Morgan fingerprint density at radius 2 is 2.14 bits per heavy atom. The largest absolute Gasteiger partial charge is 0.462 e. The van der Waals surface area contributed by atoms with Crippen LogP contribution in [-0.4, -0.2) is 25.3 Å². The molecule has 0 spiro atoms. The van der Waals surface area contributed by atoms with Gasteiger partial charge in [0.1, 0.15) is 0 Å². The minimum Gasteiger partial charge on any atom is -0.462 e. The van der Waals surface area contributed by atoms with E-state index in [1.165, 1.54) is 12.1 Å². The van der Waals surface area contributed by atoms with E-state index in [4.69, 9.17) is 4.74 Å². The second kappa shape index (κ2) is 6.11. The van der Waals surface area contributed by atoms with Crippen LogP contribution < -0.4 is 0 Å². The lowest BCUT2D eigenvalue weighted by atomic mass is 9.95. The van der Waals surface area contributed by atoms with Crippen molar-refractivity contribution in [1.82, 2.24) is 0 Å². The average molecular weight is 297 g/mol. The zero-order valence-corrected chi connectivity index (χ0v) is 11.4. The third kappa shape index (κ3) is 3.51. The highest BCUT2D eigenvalue weighted by molar-refractivity contribution is 5.90. The second-order valence-electron chi connectivity index (χ2n) is 4.47. The minimum absolute atomic E-state index is 0.0624. The fourth-order valence-corrected chi connectivity index (χ4v) is 2.09. The molecule has 2 rings (SSSR count). The van der Waals surface area contributed by atoms with E-state index in [0.717, 1.165) is 6.07 Å². The van der Waals surface area contributed by atoms with Crippen LogP contribution in [-0.2, 0) is 10.9 Å². The molecule has 0 bridgehead atoms. The number of aliphatic imine (C=N–C) groups is 1. The number of hydrogen-bond acceptors (Lipinski definition) is 3. The SMILES string of the molecule is CCOC(=O)c1ccc(C2=CCC=NC2)c(C(F)(F)F)c1. The summed E-state index contributed by atoms with van der Waals surface area (Å²) in [5.74, 6) is -0.759. The van der Waals surface area contributed by atoms with Gasteiger partial charge in [0.25, 0.3) is 0 Å². The van der Waals surface area contributed by atoms with Gasteiger partial charge < -0.3 is 4.74 Å². The lowest BCUT2D eigenvalue weighted by molar-refractivity contribution is -0.137. The Kier molecular flexibility index (Phi) is 4.45. The maximum absolute atomic E-state index is 13.2. The van der Waals surface area contributed by atoms with Crippen LogP contribution in [0.25, 0.3) is 5.57 Å². The van der Waals surface area contributed by atoms with E-state index < -0.39 is 17.7 Å². The Labute approximate surface area is 120 Å². The third-order valence-corrected chi connectivity index (χ3v) is 3.04. The first-order valence-corrected chi connectivity index (χ1v) is 6.49. The Balaban J connectivity index is 2.46. The molecule has 0 atom stereocenters. The number of alkyl halides is 3. The molecule has 0 fully saturated rings. The average Bonchev–Trinajstić information content (AvgIpc) is 2.47. The predicted molar refractivity (Wildman–Crippen MR) is 73.4 cm³/mol. The van der Waals surface area contributed by atoms with E-state index in [-0.39, 0.29) is 24.3 Å². The van der Waals surface area contributed by atoms with Gasteiger partial charge in [0.05, 0.1) is 24.3 Å². The van der Waals surface area contributed by atoms with Gasteiger partial charge in [-0.1, -0.05) is 12.1 Å². The zero-order chi connectivity index (χ0) is 15.5. The maximum atomic E-state index is 13.2. The molecule has 0 saturated heterocycles. The van der Waals surface area contributed by atoms with Crippen molar-refractivity contribution in [2.75, 3.05) is 13.2 Å². The summed E-state index contributed by atoms with van der Waals surface area (Å²) in [7, 11) is 0. The van der Waals surface area contributed by atoms with Gasteiger partial charge in [-0.2, -0.15) is 13.2 Å². The number of halogens is 3.